The van der Waals surface area contributed by atoms with E-state index in [1.54, 1.807) is 0 Å². The second-order valence-corrected chi connectivity index (χ2v) is 5.82. The van der Waals surface area contributed by atoms with Gasteiger partial charge in [0.2, 0.25) is 0 Å². The lowest BCUT2D eigenvalue weighted by molar-refractivity contribution is -0.143. The van der Waals surface area contributed by atoms with Gasteiger partial charge in [-0.15, -0.1) is 0 Å². The number of esters is 1. The van der Waals surface area contributed by atoms with E-state index in [2.05, 4.69) is 6.92 Å². The van der Waals surface area contributed by atoms with E-state index >= 15 is 0 Å². The van der Waals surface area contributed by atoms with Crippen LogP contribution in [-0.4, -0.2) is 24.8 Å². The Kier molecular flexibility index (Phi) is 9.73. The molecule has 118 valence electrons. The van der Waals surface area contributed by atoms with E-state index in [1.165, 1.54) is 57.8 Å². The molecule has 1 aliphatic rings. The van der Waals surface area contributed by atoms with Crippen LogP contribution in [0.4, 0.5) is 0 Å². The molecule has 1 saturated heterocycles. The number of hydrogen-bond donors (Lipinski definition) is 0. The lowest BCUT2D eigenvalue weighted by atomic mass is 10.0. The average Bonchev–Trinajstić information content (AvgIpc) is 3.18. The molecule has 0 radical (unpaired) electrons. The number of carbonyl (C=O) groups excluding carboxylic acids is 1. The van der Waals surface area contributed by atoms with Crippen LogP contribution in [0.3, 0.4) is 0 Å². The Balaban J connectivity index is 1.82. The van der Waals surface area contributed by atoms with Gasteiger partial charge in [0.15, 0.2) is 0 Å². The molecule has 0 bridgehead atoms. The maximum atomic E-state index is 11.2. The summed E-state index contributed by atoms with van der Waals surface area (Å²) in [5.41, 5.74) is 0. The zero-order valence-corrected chi connectivity index (χ0v) is 13.4. The van der Waals surface area contributed by atoms with Crippen LogP contribution in [0, 0.1) is 0 Å². The molecule has 1 heterocycles. The molecule has 0 amide bonds. The lowest BCUT2D eigenvalue weighted by Crippen LogP contribution is -2.06. The largest absolute Gasteiger partial charge is 0.466 e. The minimum atomic E-state index is -0.0890. The van der Waals surface area contributed by atoms with Gasteiger partial charge in [-0.1, -0.05) is 58.3 Å². The molecule has 3 heteroatoms. The standard InChI is InChI=1S/C17H32O3/c1-3-5-6-7-8-9-10-11-12-15-16(20-15)13-14-17(18)19-4-2/h15-16H,3-14H2,1-2H3. The van der Waals surface area contributed by atoms with Gasteiger partial charge in [0.1, 0.15) is 0 Å². The molecule has 3 nitrogen and oxygen atoms in total. The van der Waals surface area contributed by atoms with E-state index in [-0.39, 0.29) is 5.97 Å². The van der Waals surface area contributed by atoms with E-state index in [1.807, 2.05) is 6.92 Å². The molecule has 0 saturated carbocycles. The van der Waals surface area contributed by atoms with Gasteiger partial charge in [-0.05, 0) is 19.8 Å². The molecule has 0 aromatic rings. The number of rotatable bonds is 13. The average molecular weight is 284 g/mol. The molecule has 0 N–H and O–H groups in total. The molecule has 0 spiro atoms. The first-order valence-corrected chi connectivity index (χ1v) is 8.59. The summed E-state index contributed by atoms with van der Waals surface area (Å²) in [5, 5.41) is 0. The lowest BCUT2D eigenvalue weighted by Gasteiger charge is -2.01. The first kappa shape index (κ1) is 17.5. The Hall–Kier alpha value is -0.570. The third kappa shape index (κ3) is 8.57. The Bertz CT molecular complexity index is 253. The SMILES string of the molecule is CCCCCCCCCCC1OC1CCC(=O)OCC. The Labute approximate surface area is 124 Å². The van der Waals surface area contributed by atoms with Crippen LogP contribution >= 0.6 is 0 Å². The summed E-state index contributed by atoms with van der Waals surface area (Å²) in [5.74, 6) is -0.0890. The van der Waals surface area contributed by atoms with Gasteiger partial charge in [-0.2, -0.15) is 0 Å². The maximum absolute atomic E-state index is 11.2. The first-order chi connectivity index (χ1) is 9.77. The molecule has 0 aromatic carbocycles. The molecular weight excluding hydrogens is 252 g/mol. The summed E-state index contributed by atoms with van der Waals surface area (Å²) < 4.78 is 10.5. The van der Waals surface area contributed by atoms with Gasteiger partial charge in [0.05, 0.1) is 18.8 Å². The van der Waals surface area contributed by atoms with Gasteiger partial charge in [0, 0.05) is 6.42 Å². The van der Waals surface area contributed by atoms with Crippen molar-refractivity contribution in [1.29, 1.82) is 0 Å². The Morgan fingerprint density at radius 2 is 1.50 bits per heavy atom. The third-order valence-corrected chi connectivity index (χ3v) is 3.97. The van der Waals surface area contributed by atoms with E-state index in [0.717, 1.165) is 6.42 Å². The molecule has 0 aromatic heterocycles. The molecule has 2 unspecified atom stereocenters. The fourth-order valence-electron chi connectivity index (χ4n) is 2.66. The number of carbonyl (C=O) groups is 1. The van der Waals surface area contributed by atoms with Crippen molar-refractivity contribution in [1.82, 2.24) is 0 Å². The zero-order valence-electron chi connectivity index (χ0n) is 13.4. The van der Waals surface area contributed by atoms with Crippen molar-refractivity contribution in [2.24, 2.45) is 0 Å². The molecule has 2 atom stereocenters. The predicted molar refractivity (Wildman–Crippen MR) is 81.8 cm³/mol. The summed E-state index contributed by atoms with van der Waals surface area (Å²) in [6.45, 7) is 4.58. The first-order valence-electron chi connectivity index (χ1n) is 8.59. The van der Waals surface area contributed by atoms with Gasteiger partial charge < -0.3 is 9.47 Å². The van der Waals surface area contributed by atoms with Crippen molar-refractivity contribution in [3.05, 3.63) is 0 Å². The highest BCUT2D eigenvalue weighted by Crippen LogP contribution is 2.31. The Morgan fingerprint density at radius 1 is 0.900 bits per heavy atom. The minimum Gasteiger partial charge on any atom is -0.466 e. The fraction of sp³-hybridized carbons (Fsp3) is 0.941. The number of ether oxygens (including phenoxy) is 2. The topological polar surface area (TPSA) is 38.8 Å². The number of unbranched alkanes of at least 4 members (excludes halogenated alkanes) is 7. The van der Waals surface area contributed by atoms with E-state index in [9.17, 15) is 4.79 Å². The van der Waals surface area contributed by atoms with Crippen LogP contribution in [0.2, 0.25) is 0 Å². The van der Waals surface area contributed by atoms with E-state index in [0.29, 0.717) is 25.2 Å². The number of hydrogen-bond acceptors (Lipinski definition) is 3. The van der Waals surface area contributed by atoms with Crippen LogP contribution in [0.5, 0.6) is 0 Å². The summed E-state index contributed by atoms with van der Waals surface area (Å²) in [6.07, 6.45) is 14.1. The van der Waals surface area contributed by atoms with Gasteiger partial charge in [-0.25, -0.2) is 0 Å². The van der Waals surface area contributed by atoms with Crippen molar-refractivity contribution in [3.8, 4) is 0 Å². The summed E-state index contributed by atoms with van der Waals surface area (Å²) >= 11 is 0. The molecule has 1 rings (SSSR count). The quantitative estimate of drug-likeness (QED) is 0.281. The van der Waals surface area contributed by atoms with Gasteiger partial charge in [0.25, 0.3) is 0 Å². The van der Waals surface area contributed by atoms with Crippen molar-refractivity contribution in [3.63, 3.8) is 0 Å². The van der Waals surface area contributed by atoms with Crippen molar-refractivity contribution in [2.75, 3.05) is 6.61 Å². The molecule has 20 heavy (non-hydrogen) atoms. The van der Waals surface area contributed by atoms with Crippen LogP contribution in [0.25, 0.3) is 0 Å². The van der Waals surface area contributed by atoms with Gasteiger partial charge >= 0.3 is 5.97 Å². The van der Waals surface area contributed by atoms with E-state index in [4.69, 9.17) is 9.47 Å². The summed E-state index contributed by atoms with van der Waals surface area (Å²) in [4.78, 5) is 11.2. The van der Waals surface area contributed by atoms with Crippen LogP contribution in [0.15, 0.2) is 0 Å². The normalized spacial score (nSPS) is 20.9. The van der Waals surface area contributed by atoms with Crippen LogP contribution < -0.4 is 0 Å². The van der Waals surface area contributed by atoms with Crippen LogP contribution in [-0.2, 0) is 14.3 Å². The monoisotopic (exact) mass is 284 g/mol. The summed E-state index contributed by atoms with van der Waals surface area (Å²) in [6, 6.07) is 0. The second kappa shape index (κ2) is 11.1. The van der Waals surface area contributed by atoms with E-state index < -0.39 is 0 Å². The van der Waals surface area contributed by atoms with Gasteiger partial charge in [-0.3, -0.25) is 4.79 Å². The predicted octanol–water partition coefficient (Wildman–Crippen LogP) is 4.63. The van der Waals surface area contributed by atoms with Crippen molar-refractivity contribution < 1.29 is 14.3 Å². The third-order valence-electron chi connectivity index (χ3n) is 3.97. The molecule has 1 fully saturated rings. The summed E-state index contributed by atoms with van der Waals surface area (Å²) in [7, 11) is 0. The maximum Gasteiger partial charge on any atom is 0.305 e. The highest BCUT2D eigenvalue weighted by molar-refractivity contribution is 5.69. The highest BCUT2D eigenvalue weighted by Gasteiger charge is 2.37. The number of epoxide rings is 1. The van der Waals surface area contributed by atoms with Crippen molar-refractivity contribution in [2.45, 2.75) is 96.7 Å². The smallest absolute Gasteiger partial charge is 0.305 e. The Morgan fingerprint density at radius 3 is 2.15 bits per heavy atom. The molecule has 0 aliphatic carbocycles. The minimum absolute atomic E-state index is 0.0890. The zero-order chi connectivity index (χ0) is 14.6. The second-order valence-electron chi connectivity index (χ2n) is 5.82. The molecular formula is C17H32O3. The van der Waals surface area contributed by atoms with Crippen LogP contribution in [0.1, 0.15) is 84.5 Å². The fourth-order valence-corrected chi connectivity index (χ4v) is 2.66. The van der Waals surface area contributed by atoms with Crippen molar-refractivity contribution >= 4 is 5.97 Å². The highest BCUT2D eigenvalue weighted by atomic mass is 16.6. The molecule has 1 aliphatic heterocycles.